The molecule has 0 fully saturated rings. The van der Waals surface area contributed by atoms with Crippen molar-refractivity contribution in [1.82, 2.24) is 9.88 Å². The number of hydrogen-bond donors (Lipinski definition) is 1. The van der Waals surface area contributed by atoms with Gasteiger partial charge in [-0.15, -0.1) is 0 Å². The number of rotatable bonds is 3. The topological polar surface area (TPSA) is 53.4 Å². The lowest BCUT2D eigenvalue weighted by molar-refractivity contribution is 0.0739. The summed E-state index contributed by atoms with van der Waals surface area (Å²) in [6.45, 7) is 1.89. The highest BCUT2D eigenvalue weighted by Crippen LogP contribution is 2.28. The quantitative estimate of drug-likeness (QED) is 0.944. The number of nitrogens with zero attached hydrogens (tertiary/aromatic N) is 2. The Morgan fingerprint density at radius 2 is 2.05 bits per heavy atom. The minimum atomic E-state index is -0.280. The Labute approximate surface area is 122 Å². The molecule has 0 aliphatic carbocycles. The number of aromatic nitrogens is 1. The summed E-state index contributed by atoms with van der Waals surface area (Å²) in [6.07, 6.45) is 2.72. The number of carbonyl (C=O) groups excluding carboxylic acids is 1. The Hall–Kier alpha value is -2.07. The minimum absolute atomic E-state index is 0.129. The van der Waals surface area contributed by atoms with E-state index in [2.05, 4.69) is 4.98 Å². The van der Waals surface area contributed by atoms with Crippen molar-refractivity contribution >= 4 is 17.5 Å². The van der Waals surface area contributed by atoms with Crippen molar-refractivity contribution in [2.24, 2.45) is 0 Å². The first-order chi connectivity index (χ1) is 9.52. The molecule has 1 atom stereocenters. The van der Waals surface area contributed by atoms with E-state index in [9.17, 15) is 9.90 Å². The second-order valence-electron chi connectivity index (χ2n) is 4.51. The Balaban J connectivity index is 2.28. The van der Waals surface area contributed by atoms with E-state index >= 15 is 0 Å². The van der Waals surface area contributed by atoms with Gasteiger partial charge in [-0.05, 0) is 24.6 Å². The maximum absolute atomic E-state index is 12.4. The summed E-state index contributed by atoms with van der Waals surface area (Å²) in [4.78, 5) is 17.7. The lowest BCUT2D eigenvalue weighted by Crippen LogP contribution is -2.29. The molecular formula is C15H15ClN2O2. The van der Waals surface area contributed by atoms with Gasteiger partial charge in [0.25, 0.3) is 5.91 Å². The Morgan fingerprint density at radius 1 is 1.35 bits per heavy atom. The van der Waals surface area contributed by atoms with Gasteiger partial charge in [-0.3, -0.25) is 9.78 Å². The van der Waals surface area contributed by atoms with E-state index < -0.39 is 0 Å². The Bertz CT molecular complexity index is 631. The van der Waals surface area contributed by atoms with E-state index in [1.54, 1.807) is 13.1 Å². The number of hydrogen-bond acceptors (Lipinski definition) is 3. The van der Waals surface area contributed by atoms with Crippen LogP contribution in [0.1, 0.15) is 28.9 Å². The van der Waals surface area contributed by atoms with Gasteiger partial charge in [0.15, 0.2) is 0 Å². The lowest BCUT2D eigenvalue weighted by Gasteiger charge is -2.26. The van der Waals surface area contributed by atoms with Crippen LogP contribution < -0.4 is 0 Å². The van der Waals surface area contributed by atoms with E-state index in [1.807, 2.05) is 25.1 Å². The van der Waals surface area contributed by atoms with Crippen LogP contribution in [0.3, 0.4) is 0 Å². The molecule has 0 spiro atoms. The third-order valence-electron chi connectivity index (χ3n) is 3.29. The van der Waals surface area contributed by atoms with Gasteiger partial charge in [-0.2, -0.15) is 0 Å². The highest BCUT2D eigenvalue weighted by atomic mass is 35.5. The van der Waals surface area contributed by atoms with Gasteiger partial charge in [0.2, 0.25) is 0 Å². The zero-order valence-corrected chi connectivity index (χ0v) is 12.0. The van der Waals surface area contributed by atoms with Crippen molar-refractivity contribution in [3.63, 3.8) is 0 Å². The molecular weight excluding hydrogens is 276 g/mol. The van der Waals surface area contributed by atoms with Gasteiger partial charge in [0, 0.05) is 18.3 Å². The van der Waals surface area contributed by atoms with Gasteiger partial charge < -0.3 is 10.0 Å². The van der Waals surface area contributed by atoms with Crippen LogP contribution in [0.25, 0.3) is 0 Å². The number of pyridine rings is 1. The second kappa shape index (κ2) is 5.92. The monoisotopic (exact) mass is 290 g/mol. The molecule has 1 unspecified atom stereocenters. The van der Waals surface area contributed by atoms with Gasteiger partial charge in [-0.1, -0.05) is 29.8 Å². The predicted octanol–water partition coefficient (Wildman–Crippen LogP) is 3.27. The average Bonchev–Trinajstić information content (AvgIpc) is 2.46. The standard InChI is InChI=1S/C15H15ClN2O2/c1-10(11-5-3-4-6-13(11)16)18(2)15(20)12-7-8-17-9-14(12)19/h3-10,19H,1-2H3. The Kier molecular flexibility index (Phi) is 4.25. The number of aromatic hydroxyl groups is 1. The van der Waals surface area contributed by atoms with Crippen LogP contribution in [0, 0.1) is 0 Å². The minimum Gasteiger partial charge on any atom is -0.505 e. The van der Waals surface area contributed by atoms with Crippen molar-refractivity contribution in [3.8, 4) is 5.75 Å². The van der Waals surface area contributed by atoms with E-state index in [0.717, 1.165) is 5.56 Å². The first kappa shape index (κ1) is 14.3. The molecule has 20 heavy (non-hydrogen) atoms. The van der Waals surface area contributed by atoms with Crippen LogP contribution in [0.15, 0.2) is 42.7 Å². The van der Waals surface area contributed by atoms with E-state index in [-0.39, 0.29) is 23.3 Å². The maximum Gasteiger partial charge on any atom is 0.257 e. The number of amides is 1. The second-order valence-corrected chi connectivity index (χ2v) is 4.91. The van der Waals surface area contributed by atoms with Crippen molar-refractivity contribution < 1.29 is 9.90 Å². The molecule has 1 aromatic carbocycles. The fourth-order valence-electron chi connectivity index (χ4n) is 1.96. The molecule has 0 radical (unpaired) electrons. The molecule has 4 nitrogen and oxygen atoms in total. The Morgan fingerprint density at radius 3 is 2.70 bits per heavy atom. The van der Waals surface area contributed by atoms with Crippen LogP contribution in [-0.4, -0.2) is 27.9 Å². The number of carbonyl (C=O) groups is 1. The molecule has 0 aliphatic rings. The fourth-order valence-corrected chi connectivity index (χ4v) is 2.25. The van der Waals surface area contributed by atoms with Gasteiger partial charge in [0.1, 0.15) is 5.75 Å². The molecule has 1 amide bonds. The van der Waals surface area contributed by atoms with Crippen molar-refractivity contribution in [1.29, 1.82) is 0 Å². The van der Waals surface area contributed by atoms with E-state index in [0.29, 0.717) is 5.02 Å². The van der Waals surface area contributed by atoms with Gasteiger partial charge >= 0.3 is 0 Å². The molecule has 1 aromatic heterocycles. The summed E-state index contributed by atoms with van der Waals surface area (Å²) in [6, 6.07) is 8.67. The summed E-state index contributed by atoms with van der Waals surface area (Å²) in [5.74, 6) is -0.409. The third kappa shape index (κ3) is 2.75. The molecule has 0 saturated heterocycles. The molecule has 0 aliphatic heterocycles. The molecule has 104 valence electrons. The highest BCUT2D eigenvalue weighted by molar-refractivity contribution is 6.31. The molecule has 1 heterocycles. The highest BCUT2D eigenvalue weighted by Gasteiger charge is 2.22. The smallest absolute Gasteiger partial charge is 0.257 e. The predicted molar refractivity (Wildman–Crippen MR) is 77.9 cm³/mol. The zero-order valence-electron chi connectivity index (χ0n) is 11.2. The molecule has 5 heteroatoms. The van der Waals surface area contributed by atoms with Crippen molar-refractivity contribution in [2.45, 2.75) is 13.0 Å². The first-order valence-electron chi connectivity index (χ1n) is 6.17. The van der Waals surface area contributed by atoms with Crippen LogP contribution in [0.4, 0.5) is 0 Å². The summed E-state index contributed by atoms with van der Waals surface area (Å²) in [7, 11) is 1.68. The van der Waals surface area contributed by atoms with E-state index in [1.165, 1.54) is 23.4 Å². The van der Waals surface area contributed by atoms with Gasteiger partial charge in [0.05, 0.1) is 17.8 Å². The SMILES string of the molecule is CC(c1ccccc1Cl)N(C)C(=O)c1ccncc1O. The van der Waals surface area contributed by atoms with Crippen LogP contribution in [0.2, 0.25) is 5.02 Å². The molecule has 2 aromatic rings. The summed E-state index contributed by atoms with van der Waals surface area (Å²) < 4.78 is 0. The maximum atomic E-state index is 12.4. The van der Waals surface area contributed by atoms with Crippen molar-refractivity contribution in [3.05, 3.63) is 58.9 Å². The third-order valence-corrected chi connectivity index (χ3v) is 3.63. The number of benzene rings is 1. The summed E-state index contributed by atoms with van der Waals surface area (Å²) in [5.41, 5.74) is 1.08. The number of halogens is 1. The molecule has 0 saturated carbocycles. The molecule has 2 rings (SSSR count). The fraction of sp³-hybridized carbons (Fsp3) is 0.200. The molecule has 1 N–H and O–H groups in total. The normalized spacial score (nSPS) is 11.9. The zero-order chi connectivity index (χ0) is 14.7. The van der Waals surface area contributed by atoms with Gasteiger partial charge in [-0.25, -0.2) is 0 Å². The van der Waals surface area contributed by atoms with Crippen LogP contribution in [-0.2, 0) is 0 Å². The molecule has 0 bridgehead atoms. The summed E-state index contributed by atoms with van der Waals surface area (Å²) in [5, 5.41) is 10.3. The average molecular weight is 291 g/mol. The lowest BCUT2D eigenvalue weighted by atomic mass is 10.1. The van der Waals surface area contributed by atoms with Crippen molar-refractivity contribution in [2.75, 3.05) is 7.05 Å². The first-order valence-corrected chi connectivity index (χ1v) is 6.54. The summed E-state index contributed by atoms with van der Waals surface area (Å²) >= 11 is 6.15. The van der Waals surface area contributed by atoms with Crippen LogP contribution >= 0.6 is 11.6 Å². The largest absolute Gasteiger partial charge is 0.505 e. The van der Waals surface area contributed by atoms with E-state index in [4.69, 9.17) is 11.6 Å². The van der Waals surface area contributed by atoms with Crippen LogP contribution in [0.5, 0.6) is 5.75 Å².